The number of esters is 1. The molecule has 0 saturated heterocycles. The molecule has 3 nitrogen and oxygen atoms in total. The second-order valence-electron chi connectivity index (χ2n) is 6.97. The lowest BCUT2D eigenvalue weighted by molar-refractivity contribution is 0.0474. The Labute approximate surface area is 149 Å². The van der Waals surface area contributed by atoms with Crippen LogP contribution in [0.2, 0.25) is 0 Å². The van der Waals surface area contributed by atoms with Gasteiger partial charge in [0, 0.05) is 5.56 Å². The predicted octanol–water partition coefficient (Wildman–Crippen LogP) is 4.73. The van der Waals surface area contributed by atoms with E-state index in [1.807, 2.05) is 30.3 Å². The number of rotatable bonds is 5. The van der Waals surface area contributed by atoms with E-state index >= 15 is 0 Å². The SMILES string of the molecule is CC(C)c1ccc(C(=O)OCC(=O)c2ccc3c(c2)CCCC3)cc1. The third kappa shape index (κ3) is 4.16. The maximum atomic E-state index is 12.3. The lowest BCUT2D eigenvalue weighted by Crippen LogP contribution is -2.15. The first-order chi connectivity index (χ1) is 12.0. The highest BCUT2D eigenvalue weighted by atomic mass is 16.5. The third-order valence-electron chi connectivity index (χ3n) is 4.82. The van der Waals surface area contributed by atoms with Crippen molar-refractivity contribution in [3.8, 4) is 0 Å². The Bertz CT molecular complexity index is 772. The van der Waals surface area contributed by atoms with Gasteiger partial charge in [-0.3, -0.25) is 4.79 Å². The van der Waals surface area contributed by atoms with E-state index in [0.717, 1.165) is 12.8 Å². The molecule has 0 amide bonds. The van der Waals surface area contributed by atoms with Crippen molar-refractivity contribution in [3.05, 3.63) is 70.3 Å². The molecular weight excluding hydrogens is 312 g/mol. The molecule has 0 saturated carbocycles. The molecule has 0 bridgehead atoms. The fourth-order valence-corrected chi connectivity index (χ4v) is 3.21. The van der Waals surface area contributed by atoms with Gasteiger partial charge >= 0.3 is 5.97 Å². The molecule has 1 aliphatic carbocycles. The van der Waals surface area contributed by atoms with Crippen LogP contribution in [-0.4, -0.2) is 18.4 Å². The molecule has 0 fully saturated rings. The van der Waals surface area contributed by atoms with E-state index in [-0.39, 0.29) is 12.4 Å². The zero-order valence-corrected chi connectivity index (χ0v) is 14.9. The summed E-state index contributed by atoms with van der Waals surface area (Å²) in [5.41, 5.74) is 4.87. The summed E-state index contributed by atoms with van der Waals surface area (Å²) in [5.74, 6) is -0.196. The zero-order chi connectivity index (χ0) is 17.8. The Morgan fingerprint density at radius 2 is 1.56 bits per heavy atom. The van der Waals surface area contributed by atoms with Gasteiger partial charge in [0.2, 0.25) is 0 Å². The second-order valence-corrected chi connectivity index (χ2v) is 6.97. The van der Waals surface area contributed by atoms with Crippen molar-refractivity contribution in [1.82, 2.24) is 0 Å². The van der Waals surface area contributed by atoms with E-state index in [1.54, 1.807) is 12.1 Å². The van der Waals surface area contributed by atoms with Gasteiger partial charge in [-0.25, -0.2) is 4.79 Å². The number of benzene rings is 2. The summed E-state index contributed by atoms with van der Waals surface area (Å²) < 4.78 is 5.20. The van der Waals surface area contributed by atoms with Crippen LogP contribution in [0.4, 0.5) is 0 Å². The van der Waals surface area contributed by atoms with Crippen molar-refractivity contribution < 1.29 is 14.3 Å². The summed E-state index contributed by atoms with van der Waals surface area (Å²) in [6, 6.07) is 13.2. The number of aryl methyl sites for hydroxylation is 2. The van der Waals surface area contributed by atoms with Crippen LogP contribution in [0.5, 0.6) is 0 Å². The molecule has 0 N–H and O–H groups in total. The van der Waals surface area contributed by atoms with Crippen molar-refractivity contribution in [3.63, 3.8) is 0 Å². The molecule has 25 heavy (non-hydrogen) atoms. The number of hydrogen-bond acceptors (Lipinski definition) is 3. The minimum atomic E-state index is -0.457. The van der Waals surface area contributed by atoms with Crippen LogP contribution in [0, 0.1) is 0 Å². The monoisotopic (exact) mass is 336 g/mol. The molecule has 0 radical (unpaired) electrons. The van der Waals surface area contributed by atoms with Crippen molar-refractivity contribution >= 4 is 11.8 Å². The average Bonchev–Trinajstić information content (AvgIpc) is 2.65. The van der Waals surface area contributed by atoms with Gasteiger partial charge in [0.15, 0.2) is 12.4 Å². The molecule has 3 rings (SSSR count). The van der Waals surface area contributed by atoms with Gasteiger partial charge in [0.1, 0.15) is 0 Å². The Kier molecular flexibility index (Phi) is 5.32. The van der Waals surface area contributed by atoms with Crippen molar-refractivity contribution in [1.29, 1.82) is 0 Å². The number of carbonyl (C=O) groups excluding carboxylic acids is 2. The summed E-state index contributed by atoms with van der Waals surface area (Å²) in [7, 11) is 0. The quantitative estimate of drug-likeness (QED) is 0.586. The van der Waals surface area contributed by atoms with E-state index in [2.05, 4.69) is 13.8 Å². The number of ketones is 1. The summed E-state index contributed by atoms with van der Waals surface area (Å²) >= 11 is 0. The molecule has 130 valence electrons. The van der Waals surface area contributed by atoms with Gasteiger partial charge in [-0.05, 0) is 66.5 Å². The van der Waals surface area contributed by atoms with Gasteiger partial charge in [0.25, 0.3) is 0 Å². The average molecular weight is 336 g/mol. The fraction of sp³-hybridized carbons (Fsp3) is 0.364. The Morgan fingerprint density at radius 1 is 0.920 bits per heavy atom. The highest BCUT2D eigenvalue weighted by Gasteiger charge is 2.15. The summed E-state index contributed by atoms with van der Waals surface area (Å²) in [6.45, 7) is 3.98. The van der Waals surface area contributed by atoms with Gasteiger partial charge in [0.05, 0.1) is 5.56 Å². The van der Waals surface area contributed by atoms with E-state index in [1.165, 1.54) is 29.5 Å². The number of hydrogen-bond donors (Lipinski definition) is 0. The predicted molar refractivity (Wildman–Crippen MR) is 98.2 cm³/mol. The Hall–Kier alpha value is -2.42. The number of ether oxygens (including phenoxy) is 1. The molecular formula is C22H24O3. The standard InChI is InChI=1S/C22H24O3/c1-15(2)16-7-10-18(11-8-16)22(24)25-14-21(23)20-12-9-17-5-3-4-6-19(17)13-20/h7-13,15H,3-6,14H2,1-2H3. The smallest absolute Gasteiger partial charge is 0.338 e. The van der Waals surface area contributed by atoms with Gasteiger partial charge < -0.3 is 4.74 Å². The molecule has 2 aromatic rings. The lowest BCUT2D eigenvalue weighted by Gasteiger charge is -2.16. The molecule has 3 heteroatoms. The molecule has 2 aromatic carbocycles. The third-order valence-corrected chi connectivity index (χ3v) is 4.82. The Morgan fingerprint density at radius 3 is 2.24 bits per heavy atom. The molecule has 0 unspecified atom stereocenters. The fourth-order valence-electron chi connectivity index (χ4n) is 3.21. The minimum absolute atomic E-state index is 0.152. The molecule has 0 aromatic heterocycles. The highest BCUT2D eigenvalue weighted by Crippen LogP contribution is 2.22. The molecule has 0 aliphatic heterocycles. The van der Waals surface area contributed by atoms with Crippen molar-refractivity contribution in [2.75, 3.05) is 6.61 Å². The molecule has 1 aliphatic rings. The van der Waals surface area contributed by atoms with E-state index < -0.39 is 5.97 Å². The van der Waals surface area contributed by atoms with Crippen LogP contribution >= 0.6 is 0 Å². The van der Waals surface area contributed by atoms with Crippen molar-refractivity contribution in [2.24, 2.45) is 0 Å². The van der Waals surface area contributed by atoms with Gasteiger partial charge in [-0.1, -0.05) is 38.1 Å². The number of Topliss-reactive ketones (excluding diaryl/α,β-unsaturated/α-hetero) is 1. The van der Waals surface area contributed by atoms with Gasteiger partial charge in [-0.15, -0.1) is 0 Å². The maximum Gasteiger partial charge on any atom is 0.338 e. The van der Waals surface area contributed by atoms with E-state index in [4.69, 9.17) is 4.74 Å². The van der Waals surface area contributed by atoms with E-state index in [9.17, 15) is 9.59 Å². The van der Waals surface area contributed by atoms with Gasteiger partial charge in [-0.2, -0.15) is 0 Å². The van der Waals surface area contributed by atoms with Crippen LogP contribution in [0.15, 0.2) is 42.5 Å². The summed E-state index contributed by atoms with van der Waals surface area (Å²) in [6.07, 6.45) is 4.50. The molecule has 0 atom stereocenters. The Balaban J connectivity index is 1.61. The van der Waals surface area contributed by atoms with Crippen LogP contribution in [-0.2, 0) is 17.6 Å². The van der Waals surface area contributed by atoms with Crippen LogP contribution < -0.4 is 0 Å². The van der Waals surface area contributed by atoms with E-state index in [0.29, 0.717) is 17.0 Å². The number of fused-ring (bicyclic) bond motifs is 1. The first-order valence-electron chi connectivity index (χ1n) is 8.96. The minimum Gasteiger partial charge on any atom is -0.454 e. The first kappa shape index (κ1) is 17.4. The van der Waals surface area contributed by atoms with Crippen LogP contribution in [0.1, 0.15) is 70.0 Å². The molecule has 0 spiro atoms. The number of carbonyl (C=O) groups is 2. The van der Waals surface area contributed by atoms with Crippen LogP contribution in [0.25, 0.3) is 0 Å². The first-order valence-corrected chi connectivity index (χ1v) is 8.96. The topological polar surface area (TPSA) is 43.4 Å². The largest absolute Gasteiger partial charge is 0.454 e. The lowest BCUT2D eigenvalue weighted by atomic mass is 9.90. The highest BCUT2D eigenvalue weighted by molar-refractivity contribution is 5.99. The zero-order valence-electron chi connectivity index (χ0n) is 14.9. The van der Waals surface area contributed by atoms with Crippen LogP contribution in [0.3, 0.4) is 0 Å². The normalized spacial score (nSPS) is 13.4. The molecule has 0 heterocycles. The second kappa shape index (κ2) is 7.64. The summed E-state index contributed by atoms with van der Waals surface area (Å²) in [5, 5.41) is 0. The van der Waals surface area contributed by atoms with Crippen molar-refractivity contribution in [2.45, 2.75) is 45.4 Å². The summed E-state index contributed by atoms with van der Waals surface area (Å²) in [4.78, 5) is 24.5. The maximum absolute atomic E-state index is 12.3.